The molecule has 0 bridgehead atoms. The maximum absolute atomic E-state index is 5.64. The van der Waals surface area contributed by atoms with E-state index in [-0.39, 0.29) is 0 Å². The van der Waals surface area contributed by atoms with Crippen LogP contribution in [0.1, 0.15) is 19.5 Å². The van der Waals surface area contributed by atoms with Crippen molar-refractivity contribution in [3.8, 4) is 0 Å². The molecule has 0 saturated heterocycles. The molecule has 0 aliphatic heterocycles. The van der Waals surface area contributed by atoms with Gasteiger partial charge in [0.15, 0.2) is 0 Å². The molecule has 1 aromatic rings. The van der Waals surface area contributed by atoms with E-state index in [4.69, 9.17) is 5.73 Å². The third-order valence-electron chi connectivity index (χ3n) is 2.22. The van der Waals surface area contributed by atoms with Gasteiger partial charge >= 0.3 is 0 Å². The molecule has 4 heteroatoms. The number of rotatable bonds is 5. The smallest absolute Gasteiger partial charge is 0.0724 e. The van der Waals surface area contributed by atoms with Gasteiger partial charge in [0.1, 0.15) is 0 Å². The van der Waals surface area contributed by atoms with Crippen molar-refractivity contribution in [1.82, 2.24) is 15.3 Å². The van der Waals surface area contributed by atoms with Crippen molar-refractivity contribution < 1.29 is 0 Å². The molecule has 1 atom stereocenters. The van der Waals surface area contributed by atoms with Gasteiger partial charge in [-0.2, -0.15) is 0 Å². The molecule has 4 nitrogen and oxygen atoms in total. The van der Waals surface area contributed by atoms with Crippen LogP contribution in [-0.2, 0) is 6.54 Å². The number of nitrogens with zero attached hydrogens (tertiary/aromatic N) is 2. The first kappa shape index (κ1) is 11.1. The van der Waals surface area contributed by atoms with E-state index in [1.807, 2.05) is 0 Å². The Morgan fingerprint density at radius 3 is 2.71 bits per heavy atom. The molecule has 0 spiro atoms. The van der Waals surface area contributed by atoms with Crippen LogP contribution in [0.2, 0.25) is 0 Å². The highest BCUT2D eigenvalue weighted by molar-refractivity contribution is 4.94. The van der Waals surface area contributed by atoms with Crippen molar-refractivity contribution in [2.75, 3.05) is 6.54 Å². The first-order valence-corrected chi connectivity index (χ1v) is 4.92. The standard InChI is InChI=1S/C10H18N4/c1-8(2)10(5-11)14-7-9-6-12-3-4-13-9/h3-4,6,8,10,14H,5,7,11H2,1-2H3. The summed E-state index contributed by atoms with van der Waals surface area (Å²) in [4.78, 5) is 8.18. The zero-order chi connectivity index (χ0) is 10.4. The van der Waals surface area contributed by atoms with Gasteiger partial charge in [-0.3, -0.25) is 9.97 Å². The van der Waals surface area contributed by atoms with Crippen LogP contribution in [-0.4, -0.2) is 22.6 Å². The lowest BCUT2D eigenvalue weighted by molar-refractivity contribution is 0.402. The van der Waals surface area contributed by atoms with E-state index in [2.05, 4.69) is 29.1 Å². The van der Waals surface area contributed by atoms with Crippen LogP contribution in [0, 0.1) is 5.92 Å². The second-order valence-corrected chi connectivity index (χ2v) is 3.66. The molecule has 0 saturated carbocycles. The van der Waals surface area contributed by atoms with Crippen LogP contribution in [0.3, 0.4) is 0 Å². The highest BCUT2D eigenvalue weighted by Crippen LogP contribution is 2.00. The molecule has 78 valence electrons. The summed E-state index contributed by atoms with van der Waals surface area (Å²) in [6, 6.07) is 0.344. The molecule has 0 aliphatic carbocycles. The predicted octanol–water partition coefficient (Wildman–Crippen LogP) is 0.549. The molecular formula is C10H18N4. The Morgan fingerprint density at radius 1 is 1.43 bits per heavy atom. The summed E-state index contributed by atoms with van der Waals surface area (Å²) < 4.78 is 0. The summed E-state index contributed by atoms with van der Waals surface area (Å²) in [7, 11) is 0. The quantitative estimate of drug-likeness (QED) is 0.718. The van der Waals surface area contributed by atoms with Crippen LogP contribution in [0.25, 0.3) is 0 Å². The summed E-state index contributed by atoms with van der Waals surface area (Å²) >= 11 is 0. The van der Waals surface area contributed by atoms with E-state index in [0.717, 1.165) is 12.2 Å². The van der Waals surface area contributed by atoms with E-state index < -0.39 is 0 Å². The maximum atomic E-state index is 5.64. The molecule has 14 heavy (non-hydrogen) atoms. The molecule has 0 aromatic carbocycles. The van der Waals surface area contributed by atoms with Gasteiger partial charge in [-0.1, -0.05) is 13.8 Å². The fourth-order valence-electron chi connectivity index (χ4n) is 1.25. The number of aromatic nitrogens is 2. The summed E-state index contributed by atoms with van der Waals surface area (Å²) in [5.41, 5.74) is 6.59. The Hall–Kier alpha value is -1.00. The lowest BCUT2D eigenvalue weighted by atomic mass is 10.0. The summed E-state index contributed by atoms with van der Waals surface area (Å²) in [6.45, 7) is 5.69. The molecule has 1 unspecified atom stereocenters. The van der Waals surface area contributed by atoms with Gasteiger partial charge in [0.25, 0.3) is 0 Å². The molecule has 1 aromatic heterocycles. The maximum Gasteiger partial charge on any atom is 0.0724 e. The SMILES string of the molecule is CC(C)C(CN)NCc1cnccn1. The number of hydrogen-bond acceptors (Lipinski definition) is 4. The minimum Gasteiger partial charge on any atom is -0.329 e. The largest absolute Gasteiger partial charge is 0.329 e. The van der Waals surface area contributed by atoms with Gasteiger partial charge in [-0.15, -0.1) is 0 Å². The second kappa shape index (κ2) is 5.67. The second-order valence-electron chi connectivity index (χ2n) is 3.66. The normalized spacial score (nSPS) is 13.1. The van der Waals surface area contributed by atoms with Gasteiger partial charge in [-0.25, -0.2) is 0 Å². The van der Waals surface area contributed by atoms with Crippen molar-refractivity contribution in [2.24, 2.45) is 11.7 Å². The molecule has 0 radical (unpaired) electrons. The van der Waals surface area contributed by atoms with Crippen LogP contribution < -0.4 is 11.1 Å². The third-order valence-corrected chi connectivity index (χ3v) is 2.22. The average Bonchev–Trinajstić information content (AvgIpc) is 2.20. The van der Waals surface area contributed by atoms with Gasteiger partial charge in [-0.05, 0) is 5.92 Å². The summed E-state index contributed by atoms with van der Waals surface area (Å²) in [5, 5.41) is 3.36. The lowest BCUT2D eigenvalue weighted by Crippen LogP contribution is -2.39. The fourth-order valence-corrected chi connectivity index (χ4v) is 1.25. The van der Waals surface area contributed by atoms with Crippen molar-refractivity contribution in [3.05, 3.63) is 24.3 Å². The third kappa shape index (κ3) is 3.40. The first-order valence-electron chi connectivity index (χ1n) is 4.92. The molecule has 1 heterocycles. The van der Waals surface area contributed by atoms with Crippen LogP contribution in [0.4, 0.5) is 0 Å². The van der Waals surface area contributed by atoms with E-state index in [0.29, 0.717) is 18.5 Å². The first-order chi connectivity index (χ1) is 6.74. The molecule has 3 N–H and O–H groups in total. The van der Waals surface area contributed by atoms with Crippen LogP contribution in [0.15, 0.2) is 18.6 Å². The molecule has 0 aliphatic rings. The Bertz CT molecular complexity index is 248. The Balaban J connectivity index is 2.40. The summed E-state index contributed by atoms with van der Waals surface area (Å²) in [5.74, 6) is 0.539. The van der Waals surface area contributed by atoms with Crippen molar-refractivity contribution in [2.45, 2.75) is 26.4 Å². The van der Waals surface area contributed by atoms with Gasteiger partial charge in [0.05, 0.1) is 5.69 Å². The van der Waals surface area contributed by atoms with Crippen LogP contribution in [0.5, 0.6) is 0 Å². The molecule has 0 amide bonds. The topological polar surface area (TPSA) is 63.8 Å². The zero-order valence-electron chi connectivity index (χ0n) is 8.77. The van der Waals surface area contributed by atoms with Gasteiger partial charge in [0, 0.05) is 37.7 Å². The monoisotopic (exact) mass is 194 g/mol. The van der Waals surface area contributed by atoms with E-state index in [9.17, 15) is 0 Å². The fraction of sp³-hybridized carbons (Fsp3) is 0.600. The average molecular weight is 194 g/mol. The predicted molar refractivity (Wildman–Crippen MR) is 56.6 cm³/mol. The molecular weight excluding hydrogens is 176 g/mol. The van der Waals surface area contributed by atoms with Crippen molar-refractivity contribution in [1.29, 1.82) is 0 Å². The number of nitrogens with two attached hydrogens (primary N) is 1. The minimum absolute atomic E-state index is 0.344. The Labute approximate surface area is 85.0 Å². The highest BCUT2D eigenvalue weighted by Gasteiger charge is 2.10. The lowest BCUT2D eigenvalue weighted by Gasteiger charge is -2.19. The number of nitrogens with one attached hydrogen (secondary N) is 1. The van der Waals surface area contributed by atoms with E-state index in [1.54, 1.807) is 18.6 Å². The van der Waals surface area contributed by atoms with Gasteiger partial charge in [0.2, 0.25) is 0 Å². The number of hydrogen-bond donors (Lipinski definition) is 2. The Morgan fingerprint density at radius 2 is 2.21 bits per heavy atom. The van der Waals surface area contributed by atoms with E-state index in [1.165, 1.54) is 0 Å². The minimum atomic E-state index is 0.344. The van der Waals surface area contributed by atoms with E-state index >= 15 is 0 Å². The Kier molecular flexibility index (Phi) is 4.49. The molecule has 1 rings (SSSR count). The summed E-state index contributed by atoms with van der Waals surface area (Å²) in [6.07, 6.45) is 5.14. The van der Waals surface area contributed by atoms with Gasteiger partial charge < -0.3 is 11.1 Å². The zero-order valence-corrected chi connectivity index (χ0v) is 8.77. The van der Waals surface area contributed by atoms with Crippen molar-refractivity contribution >= 4 is 0 Å². The highest BCUT2D eigenvalue weighted by atomic mass is 15.0. The molecule has 0 fully saturated rings. The van der Waals surface area contributed by atoms with Crippen LogP contribution >= 0.6 is 0 Å². The van der Waals surface area contributed by atoms with Crippen molar-refractivity contribution in [3.63, 3.8) is 0 Å².